The van der Waals surface area contributed by atoms with E-state index in [1.54, 1.807) is 13.3 Å². The summed E-state index contributed by atoms with van der Waals surface area (Å²) in [5.41, 5.74) is 2.12. The number of likely N-dealkylation sites (tertiary alicyclic amines) is 1. The van der Waals surface area contributed by atoms with E-state index in [-0.39, 0.29) is 12.4 Å². The number of hydrogen-bond acceptors (Lipinski definition) is 4. The van der Waals surface area contributed by atoms with Gasteiger partial charge < -0.3 is 19.4 Å². The highest BCUT2D eigenvalue weighted by atomic mass is 35.5. The average molecular weight is 348 g/mol. The number of methoxy groups -OCH3 is 1. The molecule has 5 nitrogen and oxygen atoms in total. The van der Waals surface area contributed by atoms with Crippen molar-refractivity contribution in [1.82, 2.24) is 14.9 Å². The van der Waals surface area contributed by atoms with Crippen LogP contribution in [0, 0.1) is 0 Å². The first-order valence-electron chi connectivity index (χ1n) is 8.14. The molecular weight excluding hydrogens is 326 g/mol. The molecule has 1 aliphatic heterocycles. The van der Waals surface area contributed by atoms with Crippen LogP contribution in [0.2, 0.25) is 0 Å². The zero-order valence-electron chi connectivity index (χ0n) is 13.7. The molecule has 3 heterocycles. The maximum Gasteiger partial charge on any atom is 0.163 e. The van der Waals surface area contributed by atoms with Crippen LogP contribution in [0.4, 0.5) is 0 Å². The number of benzene rings is 1. The number of rotatable bonds is 6. The van der Waals surface area contributed by atoms with E-state index in [1.165, 1.54) is 19.5 Å². The number of nitrogens with one attached hydrogen (secondary N) is 1. The quantitative estimate of drug-likeness (QED) is 0.692. The topological polar surface area (TPSA) is 50.4 Å². The molecule has 128 valence electrons. The second-order valence-electron chi connectivity index (χ2n) is 5.99. The Morgan fingerprint density at radius 2 is 2.04 bits per heavy atom. The Balaban J connectivity index is 0.00000169. The highest BCUT2D eigenvalue weighted by molar-refractivity contribution is 6.07. The SMILES string of the molecule is COc1cc2c(cc1OCCCN1CCC1)[nH]c1ccncc12.Cl. The molecule has 1 fully saturated rings. The molecule has 1 saturated heterocycles. The van der Waals surface area contributed by atoms with Gasteiger partial charge in [0.2, 0.25) is 0 Å². The molecular formula is C18H22ClN3O2. The summed E-state index contributed by atoms with van der Waals surface area (Å²) in [7, 11) is 1.68. The van der Waals surface area contributed by atoms with Gasteiger partial charge >= 0.3 is 0 Å². The second-order valence-corrected chi connectivity index (χ2v) is 5.99. The molecule has 0 saturated carbocycles. The lowest BCUT2D eigenvalue weighted by Gasteiger charge is -2.30. The van der Waals surface area contributed by atoms with E-state index in [4.69, 9.17) is 9.47 Å². The molecule has 4 rings (SSSR count). The van der Waals surface area contributed by atoms with E-state index in [2.05, 4.69) is 14.9 Å². The Kier molecular flexibility index (Phi) is 5.11. The van der Waals surface area contributed by atoms with Gasteiger partial charge in [0.05, 0.1) is 19.2 Å². The molecule has 0 amide bonds. The van der Waals surface area contributed by atoms with Crippen LogP contribution < -0.4 is 9.47 Å². The number of halogens is 1. The van der Waals surface area contributed by atoms with Crippen LogP contribution in [0.1, 0.15) is 12.8 Å². The normalized spacial score (nSPS) is 14.4. The van der Waals surface area contributed by atoms with Crippen LogP contribution in [0.5, 0.6) is 11.5 Å². The van der Waals surface area contributed by atoms with E-state index in [0.717, 1.165) is 46.3 Å². The van der Waals surface area contributed by atoms with Gasteiger partial charge in [-0.05, 0) is 38.1 Å². The van der Waals surface area contributed by atoms with Crippen LogP contribution in [0.25, 0.3) is 21.8 Å². The molecule has 3 aromatic rings. The van der Waals surface area contributed by atoms with Gasteiger partial charge in [-0.2, -0.15) is 0 Å². The number of fused-ring (bicyclic) bond motifs is 3. The largest absolute Gasteiger partial charge is 0.493 e. The Morgan fingerprint density at radius 1 is 1.17 bits per heavy atom. The molecule has 2 aromatic heterocycles. The van der Waals surface area contributed by atoms with Gasteiger partial charge in [-0.15, -0.1) is 12.4 Å². The van der Waals surface area contributed by atoms with E-state index < -0.39 is 0 Å². The molecule has 1 aromatic carbocycles. The van der Waals surface area contributed by atoms with Crippen LogP contribution in [0.15, 0.2) is 30.6 Å². The van der Waals surface area contributed by atoms with Crippen LogP contribution in [0.3, 0.4) is 0 Å². The van der Waals surface area contributed by atoms with Crippen molar-refractivity contribution in [2.45, 2.75) is 12.8 Å². The van der Waals surface area contributed by atoms with Crippen molar-refractivity contribution in [3.05, 3.63) is 30.6 Å². The summed E-state index contributed by atoms with van der Waals surface area (Å²) in [5.74, 6) is 1.56. The summed E-state index contributed by atoms with van der Waals surface area (Å²) in [6.07, 6.45) is 6.04. The van der Waals surface area contributed by atoms with E-state index in [0.29, 0.717) is 6.61 Å². The minimum absolute atomic E-state index is 0. The Hall–Kier alpha value is -1.98. The number of hydrogen-bond donors (Lipinski definition) is 1. The molecule has 0 unspecified atom stereocenters. The van der Waals surface area contributed by atoms with Crippen LogP contribution >= 0.6 is 12.4 Å². The van der Waals surface area contributed by atoms with Crippen molar-refractivity contribution in [3.8, 4) is 11.5 Å². The minimum atomic E-state index is 0. The van der Waals surface area contributed by atoms with Crippen molar-refractivity contribution < 1.29 is 9.47 Å². The Labute approximate surface area is 147 Å². The third kappa shape index (κ3) is 3.14. The zero-order chi connectivity index (χ0) is 15.6. The maximum atomic E-state index is 5.96. The van der Waals surface area contributed by atoms with Crippen molar-refractivity contribution in [2.75, 3.05) is 33.4 Å². The van der Waals surface area contributed by atoms with Gasteiger partial charge in [0, 0.05) is 41.3 Å². The fourth-order valence-electron chi connectivity index (χ4n) is 3.10. The zero-order valence-corrected chi connectivity index (χ0v) is 14.6. The first kappa shape index (κ1) is 16.9. The lowest BCUT2D eigenvalue weighted by atomic mass is 10.2. The second kappa shape index (κ2) is 7.28. The fraction of sp³-hybridized carbons (Fsp3) is 0.389. The van der Waals surface area contributed by atoms with Gasteiger partial charge in [-0.3, -0.25) is 4.98 Å². The highest BCUT2D eigenvalue weighted by Crippen LogP contribution is 2.35. The maximum absolute atomic E-state index is 5.96. The van der Waals surface area contributed by atoms with Crippen molar-refractivity contribution in [3.63, 3.8) is 0 Å². The molecule has 1 N–H and O–H groups in total. The van der Waals surface area contributed by atoms with Crippen molar-refractivity contribution in [2.24, 2.45) is 0 Å². The summed E-state index contributed by atoms with van der Waals surface area (Å²) in [5, 5.41) is 2.21. The molecule has 24 heavy (non-hydrogen) atoms. The Morgan fingerprint density at radius 3 is 2.79 bits per heavy atom. The predicted octanol–water partition coefficient (Wildman–Crippen LogP) is 3.62. The standard InChI is InChI=1S/C18H21N3O2.ClH/c1-22-17-10-13-14-12-19-5-4-15(14)20-16(13)11-18(17)23-9-3-8-21-6-2-7-21;/h4-5,10-12,20H,2-3,6-9H2,1H3;1H. The van der Waals surface area contributed by atoms with Gasteiger partial charge in [-0.1, -0.05) is 0 Å². The minimum Gasteiger partial charge on any atom is -0.493 e. The molecule has 1 aliphatic rings. The fourth-order valence-corrected chi connectivity index (χ4v) is 3.10. The highest BCUT2D eigenvalue weighted by Gasteiger charge is 2.14. The Bertz CT molecular complexity index is 830. The number of aromatic nitrogens is 2. The summed E-state index contributed by atoms with van der Waals surface area (Å²) >= 11 is 0. The number of ether oxygens (including phenoxy) is 2. The van der Waals surface area contributed by atoms with E-state index in [1.807, 2.05) is 24.4 Å². The van der Waals surface area contributed by atoms with Gasteiger partial charge in [0.1, 0.15) is 0 Å². The lowest BCUT2D eigenvalue weighted by molar-refractivity contribution is 0.164. The van der Waals surface area contributed by atoms with Crippen LogP contribution in [-0.4, -0.2) is 48.2 Å². The number of pyridine rings is 1. The van der Waals surface area contributed by atoms with Crippen molar-refractivity contribution in [1.29, 1.82) is 0 Å². The first-order valence-corrected chi connectivity index (χ1v) is 8.14. The number of H-pyrrole nitrogens is 1. The molecule has 0 aliphatic carbocycles. The third-order valence-electron chi connectivity index (χ3n) is 4.51. The summed E-state index contributed by atoms with van der Waals surface area (Å²) in [6, 6.07) is 6.04. The smallest absolute Gasteiger partial charge is 0.163 e. The van der Waals surface area contributed by atoms with Gasteiger partial charge in [0.25, 0.3) is 0 Å². The molecule has 0 bridgehead atoms. The number of aromatic amines is 1. The molecule has 0 radical (unpaired) electrons. The van der Waals surface area contributed by atoms with Crippen molar-refractivity contribution >= 4 is 34.2 Å². The third-order valence-corrected chi connectivity index (χ3v) is 4.51. The lowest BCUT2D eigenvalue weighted by Crippen LogP contribution is -2.38. The summed E-state index contributed by atoms with van der Waals surface area (Å²) < 4.78 is 11.5. The average Bonchev–Trinajstić information content (AvgIpc) is 2.89. The summed E-state index contributed by atoms with van der Waals surface area (Å²) in [6.45, 7) is 4.29. The summed E-state index contributed by atoms with van der Waals surface area (Å²) in [4.78, 5) is 10.1. The van der Waals surface area contributed by atoms with Gasteiger partial charge in [0.15, 0.2) is 11.5 Å². The predicted molar refractivity (Wildman–Crippen MR) is 98.6 cm³/mol. The monoisotopic (exact) mass is 347 g/mol. The number of nitrogens with zero attached hydrogens (tertiary/aromatic N) is 2. The van der Waals surface area contributed by atoms with E-state index >= 15 is 0 Å². The molecule has 6 heteroatoms. The van der Waals surface area contributed by atoms with Gasteiger partial charge in [-0.25, -0.2) is 0 Å². The molecule has 0 atom stereocenters. The van der Waals surface area contributed by atoms with E-state index in [9.17, 15) is 0 Å². The first-order chi connectivity index (χ1) is 11.3. The molecule has 0 spiro atoms. The van der Waals surface area contributed by atoms with Crippen LogP contribution in [-0.2, 0) is 0 Å².